The van der Waals surface area contributed by atoms with Gasteiger partial charge in [-0.1, -0.05) is 0 Å². The molecule has 3 rings (SSSR count). The summed E-state index contributed by atoms with van der Waals surface area (Å²) in [6.45, 7) is 0. The van der Waals surface area contributed by atoms with E-state index in [4.69, 9.17) is 5.73 Å². The van der Waals surface area contributed by atoms with Crippen LogP contribution in [0.25, 0.3) is 10.9 Å². The van der Waals surface area contributed by atoms with E-state index in [2.05, 4.69) is 31.4 Å². The molecule has 4 nitrogen and oxygen atoms in total. The van der Waals surface area contributed by atoms with E-state index < -0.39 is 0 Å². The van der Waals surface area contributed by atoms with Crippen LogP contribution in [0.4, 0.5) is 21.5 Å². The van der Waals surface area contributed by atoms with Crippen molar-refractivity contribution in [1.82, 2.24) is 10.2 Å². The molecule has 0 saturated carbocycles. The third kappa shape index (κ3) is 2.26. The van der Waals surface area contributed by atoms with E-state index in [1.54, 1.807) is 12.3 Å². The van der Waals surface area contributed by atoms with Crippen LogP contribution in [0.5, 0.6) is 0 Å². The smallest absolute Gasteiger partial charge is 0.125 e. The highest BCUT2D eigenvalue weighted by molar-refractivity contribution is 9.10. The monoisotopic (exact) mass is 320 g/mol. The summed E-state index contributed by atoms with van der Waals surface area (Å²) < 4.78 is 14.0. The number of anilines is 3. The molecule has 0 amide bonds. The third-order valence-corrected chi connectivity index (χ3v) is 3.50. The molecule has 1 heterocycles. The van der Waals surface area contributed by atoms with Crippen molar-refractivity contribution < 1.29 is 4.39 Å². The van der Waals surface area contributed by atoms with Crippen molar-refractivity contribution in [3.63, 3.8) is 0 Å². The maximum atomic E-state index is 13.2. The molecule has 3 aromatic rings. The van der Waals surface area contributed by atoms with Crippen molar-refractivity contribution in [3.05, 3.63) is 46.8 Å². The molecular weight excluding hydrogens is 311 g/mol. The van der Waals surface area contributed by atoms with Gasteiger partial charge in [0, 0.05) is 9.86 Å². The normalized spacial score (nSPS) is 10.8. The van der Waals surface area contributed by atoms with Gasteiger partial charge < -0.3 is 11.1 Å². The number of rotatable bonds is 2. The minimum absolute atomic E-state index is 0.313. The first-order valence-electron chi connectivity index (χ1n) is 5.58. The molecule has 4 N–H and O–H groups in total. The summed E-state index contributed by atoms with van der Waals surface area (Å²) >= 11 is 3.36. The highest BCUT2D eigenvalue weighted by Crippen LogP contribution is 2.31. The molecule has 1 aromatic heterocycles. The number of benzene rings is 2. The Morgan fingerprint density at radius 2 is 2.05 bits per heavy atom. The second-order valence-electron chi connectivity index (χ2n) is 4.15. The number of halogens is 2. The van der Waals surface area contributed by atoms with Gasteiger partial charge in [-0.2, -0.15) is 5.10 Å². The predicted molar refractivity (Wildman–Crippen MR) is 77.9 cm³/mol. The maximum Gasteiger partial charge on any atom is 0.125 e. The zero-order chi connectivity index (χ0) is 13.4. The van der Waals surface area contributed by atoms with Crippen molar-refractivity contribution in [2.24, 2.45) is 0 Å². The average Bonchev–Trinajstić information content (AvgIpc) is 2.81. The second kappa shape index (κ2) is 4.55. The van der Waals surface area contributed by atoms with Crippen molar-refractivity contribution in [2.45, 2.75) is 0 Å². The van der Waals surface area contributed by atoms with Crippen LogP contribution < -0.4 is 11.1 Å². The molecule has 0 atom stereocenters. The van der Waals surface area contributed by atoms with Gasteiger partial charge >= 0.3 is 0 Å². The Balaban J connectivity index is 2.04. The Labute approximate surface area is 116 Å². The number of fused-ring (bicyclic) bond motifs is 1. The summed E-state index contributed by atoms with van der Waals surface area (Å²) in [7, 11) is 0. The number of hydrogen-bond acceptors (Lipinski definition) is 3. The molecule has 0 aliphatic heterocycles. The number of aromatic nitrogens is 2. The molecule has 0 bridgehead atoms. The minimum Gasteiger partial charge on any atom is -0.397 e. The Kier molecular flexibility index (Phi) is 2.87. The largest absolute Gasteiger partial charge is 0.397 e. The minimum atomic E-state index is -0.313. The van der Waals surface area contributed by atoms with Gasteiger partial charge in [-0.25, -0.2) is 4.39 Å². The van der Waals surface area contributed by atoms with E-state index in [1.807, 2.05) is 12.1 Å². The summed E-state index contributed by atoms with van der Waals surface area (Å²) in [5, 5.41) is 10.8. The van der Waals surface area contributed by atoms with E-state index in [9.17, 15) is 4.39 Å². The molecule has 0 unspecified atom stereocenters. The molecule has 0 radical (unpaired) electrons. The standard InChI is InChI=1S/C13H10BrFN4/c14-9-2-1-8(15)4-12(9)18-13-5-11-7(3-10(13)16)6-17-19-11/h1-6,18H,16H2,(H,17,19). The molecule has 96 valence electrons. The van der Waals surface area contributed by atoms with Crippen LogP contribution in [-0.4, -0.2) is 10.2 Å². The van der Waals surface area contributed by atoms with Crippen LogP contribution in [0, 0.1) is 5.82 Å². The fraction of sp³-hybridized carbons (Fsp3) is 0. The summed E-state index contributed by atoms with van der Waals surface area (Å²) in [4.78, 5) is 0. The molecular formula is C13H10BrFN4. The Morgan fingerprint density at radius 3 is 2.89 bits per heavy atom. The van der Waals surface area contributed by atoms with Gasteiger partial charge in [0.1, 0.15) is 5.82 Å². The Bertz CT molecular complexity index is 753. The van der Waals surface area contributed by atoms with Crippen LogP contribution >= 0.6 is 15.9 Å². The lowest BCUT2D eigenvalue weighted by atomic mass is 10.2. The number of hydrogen-bond donors (Lipinski definition) is 3. The molecule has 0 aliphatic rings. The topological polar surface area (TPSA) is 66.7 Å². The lowest BCUT2D eigenvalue weighted by Gasteiger charge is -2.11. The van der Waals surface area contributed by atoms with Gasteiger partial charge in [0.2, 0.25) is 0 Å². The molecule has 2 aromatic carbocycles. The van der Waals surface area contributed by atoms with Crippen molar-refractivity contribution in [2.75, 3.05) is 11.1 Å². The van der Waals surface area contributed by atoms with Gasteiger partial charge in [0.05, 0.1) is 28.8 Å². The van der Waals surface area contributed by atoms with E-state index >= 15 is 0 Å². The van der Waals surface area contributed by atoms with Gasteiger partial charge in [-0.05, 0) is 46.3 Å². The number of nitrogens with one attached hydrogen (secondary N) is 2. The zero-order valence-electron chi connectivity index (χ0n) is 9.74. The fourth-order valence-electron chi connectivity index (χ4n) is 1.86. The van der Waals surface area contributed by atoms with Crippen molar-refractivity contribution >= 4 is 43.9 Å². The van der Waals surface area contributed by atoms with Gasteiger partial charge in [0.15, 0.2) is 0 Å². The van der Waals surface area contributed by atoms with Crippen LogP contribution in [-0.2, 0) is 0 Å². The first kappa shape index (κ1) is 12.0. The predicted octanol–water partition coefficient (Wildman–Crippen LogP) is 3.79. The highest BCUT2D eigenvalue weighted by atomic mass is 79.9. The van der Waals surface area contributed by atoms with Crippen LogP contribution in [0.15, 0.2) is 41.0 Å². The van der Waals surface area contributed by atoms with Crippen LogP contribution in [0.1, 0.15) is 0 Å². The SMILES string of the molecule is Nc1cc2cn[nH]c2cc1Nc1cc(F)ccc1Br. The molecule has 0 fully saturated rings. The van der Waals surface area contributed by atoms with Gasteiger partial charge in [-0.3, -0.25) is 5.10 Å². The van der Waals surface area contributed by atoms with E-state index in [1.165, 1.54) is 12.1 Å². The lowest BCUT2D eigenvalue weighted by molar-refractivity contribution is 0.628. The quantitative estimate of drug-likeness (QED) is 0.629. The zero-order valence-corrected chi connectivity index (χ0v) is 11.3. The van der Waals surface area contributed by atoms with Crippen LogP contribution in [0.3, 0.4) is 0 Å². The van der Waals surface area contributed by atoms with Crippen LogP contribution in [0.2, 0.25) is 0 Å². The molecule has 6 heteroatoms. The van der Waals surface area contributed by atoms with Crippen molar-refractivity contribution in [1.29, 1.82) is 0 Å². The first-order valence-corrected chi connectivity index (χ1v) is 6.37. The molecule has 0 aliphatic carbocycles. The molecule has 0 saturated heterocycles. The number of H-pyrrole nitrogens is 1. The lowest BCUT2D eigenvalue weighted by Crippen LogP contribution is -1.97. The first-order chi connectivity index (χ1) is 9.13. The average molecular weight is 321 g/mol. The fourth-order valence-corrected chi connectivity index (χ4v) is 2.20. The Hall–Kier alpha value is -2.08. The summed E-state index contributed by atoms with van der Waals surface area (Å²) in [6, 6.07) is 8.09. The third-order valence-electron chi connectivity index (χ3n) is 2.81. The summed E-state index contributed by atoms with van der Waals surface area (Å²) in [5.41, 5.74) is 8.72. The Morgan fingerprint density at radius 1 is 1.21 bits per heavy atom. The summed E-state index contributed by atoms with van der Waals surface area (Å²) in [6.07, 6.45) is 1.70. The van der Waals surface area contributed by atoms with E-state index in [0.29, 0.717) is 17.1 Å². The highest BCUT2D eigenvalue weighted by Gasteiger charge is 2.07. The van der Waals surface area contributed by atoms with Crippen molar-refractivity contribution in [3.8, 4) is 0 Å². The summed E-state index contributed by atoms with van der Waals surface area (Å²) in [5.74, 6) is -0.313. The second-order valence-corrected chi connectivity index (χ2v) is 5.00. The van der Waals surface area contributed by atoms with E-state index in [-0.39, 0.29) is 5.82 Å². The number of nitrogens with two attached hydrogens (primary N) is 1. The maximum absolute atomic E-state index is 13.2. The number of aromatic amines is 1. The molecule has 0 spiro atoms. The van der Waals surface area contributed by atoms with Gasteiger partial charge in [-0.15, -0.1) is 0 Å². The molecule has 19 heavy (non-hydrogen) atoms. The van der Waals surface area contributed by atoms with E-state index in [0.717, 1.165) is 15.4 Å². The van der Waals surface area contributed by atoms with Gasteiger partial charge in [0.25, 0.3) is 0 Å². The number of nitrogens with zero attached hydrogens (tertiary/aromatic N) is 1. The number of nitrogen functional groups attached to an aromatic ring is 1.